The highest BCUT2D eigenvalue weighted by molar-refractivity contribution is 5.80. The molecule has 1 saturated carbocycles. The summed E-state index contributed by atoms with van der Waals surface area (Å²) < 4.78 is 5.11. The van der Waals surface area contributed by atoms with Crippen molar-refractivity contribution in [3.8, 4) is 0 Å². The molecule has 0 aliphatic heterocycles. The van der Waals surface area contributed by atoms with E-state index in [1.165, 1.54) is 0 Å². The van der Waals surface area contributed by atoms with Crippen LogP contribution in [0.15, 0.2) is 0 Å². The highest BCUT2D eigenvalue weighted by atomic mass is 16.6. The lowest BCUT2D eigenvalue weighted by atomic mass is 9.98. The van der Waals surface area contributed by atoms with Gasteiger partial charge >= 0.3 is 12.1 Å². The number of hydrogen-bond donors (Lipinski definition) is 2. The van der Waals surface area contributed by atoms with Crippen LogP contribution in [0.4, 0.5) is 4.79 Å². The fourth-order valence-corrected chi connectivity index (χ4v) is 2.36. The third kappa shape index (κ3) is 4.40. The summed E-state index contributed by atoms with van der Waals surface area (Å²) in [5.41, 5.74) is -1.36. The standard InChI is InChI=1S/C14H25NO4/c1-9(2)6-10-7-14(10,11(16)17)8-15-12(18)19-13(3,4)5/h9-10H,6-8H2,1-5H3,(H,15,18)(H,16,17)/t10-,14+/m0/s1. The molecule has 0 aromatic rings. The number of amides is 1. The molecule has 0 aromatic heterocycles. The van der Waals surface area contributed by atoms with Crippen molar-refractivity contribution in [2.24, 2.45) is 17.3 Å². The molecule has 0 unspecified atom stereocenters. The molecule has 0 spiro atoms. The van der Waals surface area contributed by atoms with Gasteiger partial charge in [-0.1, -0.05) is 13.8 Å². The van der Waals surface area contributed by atoms with Gasteiger partial charge in [0.2, 0.25) is 0 Å². The molecule has 1 rings (SSSR count). The van der Waals surface area contributed by atoms with Crippen LogP contribution in [0.1, 0.15) is 47.5 Å². The Bertz CT molecular complexity index is 359. The van der Waals surface area contributed by atoms with Crippen LogP contribution in [0.5, 0.6) is 0 Å². The normalized spacial score (nSPS) is 26.1. The van der Waals surface area contributed by atoms with Crippen molar-refractivity contribution in [1.29, 1.82) is 0 Å². The highest BCUT2D eigenvalue weighted by Gasteiger charge is 2.60. The molecule has 19 heavy (non-hydrogen) atoms. The average Bonchev–Trinajstić information content (AvgIpc) is 2.86. The molecule has 1 aliphatic carbocycles. The number of carboxylic acids is 1. The maximum atomic E-state index is 11.6. The number of alkyl carbamates (subject to hydrolysis) is 1. The molecule has 0 bridgehead atoms. The third-order valence-electron chi connectivity index (χ3n) is 3.36. The second-order valence-electron chi connectivity index (χ2n) is 6.85. The van der Waals surface area contributed by atoms with Crippen molar-refractivity contribution in [2.45, 2.75) is 53.1 Å². The monoisotopic (exact) mass is 271 g/mol. The lowest BCUT2D eigenvalue weighted by Gasteiger charge is -2.21. The van der Waals surface area contributed by atoms with Gasteiger partial charge in [-0.2, -0.15) is 0 Å². The Labute approximate surface area is 114 Å². The molecule has 1 fully saturated rings. The van der Waals surface area contributed by atoms with Crippen molar-refractivity contribution in [1.82, 2.24) is 5.32 Å². The van der Waals surface area contributed by atoms with E-state index < -0.39 is 23.1 Å². The summed E-state index contributed by atoms with van der Waals surface area (Å²) >= 11 is 0. The maximum Gasteiger partial charge on any atom is 0.407 e. The number of rotatable bonds is 5. The van der Waals surface area contributed by atoms with Crippen LogP contribution in [0.3, 0.4) is 0 Å². The van der Waals surface area contributed by atoms with Gasteiger partial charge in [0, 0.05) is 6.54 Å². The number of carboxylic acid groups (broad SMARTS) is 1. The van der Waals surface area contributed by atoms with E-state index in [2.05, 4.69) is 19.2 Å². The molecule has 5 heteroatoms. The Balaban J connectivity index is 2.50. The van der Waals surface area contributed by atoms with Crippen molar-refractivity contribution in [3.05, 3.63) is 0 Å². The third-order valence-corrected chi connectivity index (χ3v) is 3.36. The summed E-state index contributed by atoms with van der Waals surface area (Å²) in [6.07, 6.45) is 0.960. The van der Waals surface area contributed by atoms with E-state index in [0.29, 0.717) is 12.3 Å². The molecule has 0 radical (unpaired) electrons. The van der Waals surface area contributed by atoms with Gasteiger partial charge in [0.05, 0.1) is 5.41 Å². The predicted molar refractivity (Wildman–Crippen MR) is 71.9 cm³/mol. The molecule has 110 valence electrons. The highest BCUT2D eigenvalue weighted by Crippen LogP contribution is 2.55. The minimum atomic E-state index is -0.825. The van der Waals surface area contributed by atoms with Gasteiger partial charge in [-0.3, -0.25) is 4.79 Å². The Morgan fingerprint density at radius 3 is 2.42 bits per heavy atom. The fourth-order valence-electron chi connectivity index (χ4n) is 2.36. The van der Waals surface area contributed by atoms with E-state index in [4.69, 9.17) is 4.74 Å². The maximum absolute atomic E-state index is 11.6. The lowest BCUT2D eigenvalue weighted by molar-refractivity contribution is -0.143. The quantitative estimate of drug-likeness (QED) is 0.806. The number of aliphatic carboxylic acids is 1. The van der Waals surface area contributed by atoms with E-state index >= 15 is 0 Å². The largest absolute Gasteiger partial charge is 0.481 e. The Hall–Kier alpha value is -1.26. The van der Waals surface area contributed by atoms with Gasteiger partial charge in [0.25, 0.3) is 0 Å². The summed E-state index contributed by atoms with van der Waals surface area (Å²) in [4.78, 5) is 22.9. The fraction of sp³-hybridized carbons (Fsp3) is 0.857. The number of nitrogens with one attached hydrogen (secondary N) is 1. The van der Waals surface area contributed by atoms with Crippen LogP contribution in [0, 0.1) is 17.3 Å². The van der Waals surface area contributed by atoms with Gasteiger partial charge in [-0.05, 0) is 45.4 Å². The zero-order chi connectivity index (χ0) is 14.8. The minimum Gasteiger partial charge on any atom is -0.481 e. The number of hydrogen-bond acceptors (Lipinski definition) is 3. The smallest absolute Gasteiger partial charge is 0.407 e. The van der Waals surface area contributed by atoms with Crippen LogP contribution in [0.25, 0.3) is 0 Å². The second-order valence-corrected chi connectivity index (χ2v) is 6.85. The molecule has 1 amide bonds. The molecule has 1 aliphatic rings. The van der Waals surface area contributed by atoms with E-state index in [9.17, 15) is 14.7 Å². The molecular weight excluding hydrogens is 246 g/mol. The molecule has 5 nitrogen and oxygen atoms in total. The zero-order valence-corrected chi connectivity index (χ0v) is 12.4. The summed E-state index contributed by atoms with van der Waals surface area (Å²) in [5, 5.41) is 11.9. The Morgan fingerprint density at radius 2 is 2.00 bits per heavy atom. The Kier molecular flexibility index (Phi) is 4.48. The number of carbonyl (C=O) groups excluding carboxylic acids is 1. The predicted octanol–water partition coefficient (Wildman–Crippen LogP) is 2.65. The van der Waals surface area contributed by atoms with E-state index in [1.807, 2.05) is 0 Å². The number of carbonyl (C=O) groups is 2. The summed E-state index contributed by atoms with van der Waals surface area (Å²) in [6, 6.07) is 0. The van der Waals surface area contributed by atoms with Crippen molar-refractivity contribution in [3.63, 3.8) is 0 Å². The van der Waals surface area contributed by atoms with Gasteiger partial charge < -0.3 is 15.2 Å². The van der Waals surface area contributed by atoms with Gasteiger partial charge in [0.15, 0.2) is 0 Å². The summed E-state index contributed by atoms with van der Waals surface area (Å²) in [5.74, 6) is -0.207. The second kappa shape index (κ2) is 5.39. The van der Waals surface area contributed by atoms with Crippen LogP contribution < -0.4 is 5.32 Å². The van der Waals surface area contributed by atoms with E-state index in [1.54, 1.807) is 20.8 Å². The molecule has 0 heterocycles. The molecule has 0 saturated heterocycles. The van der Waals surface area contributed by atoms with Crippen molar-refractivity contribution >= 4 is 12.1 Å². The zero-order valence-electron chi connectivity index (χ0n) is 12.4. The van der Waals surface area contributed by atoms with Crippen molar-refractivity contribution in [2.75, 3.05) is 6.54 Å². The summed E-state index contributed by atoms with van der Waals surface area (Å²) in [6.45, 7) is 9.63. The van der Waals surface area contributed by atoms with Crippen LogP contribution in [0.2, 0.25) is 0 Å². The summed E-state index contributed by atoms with van der Waals surface area (Å²) in [7, 11) is 0. The number of ether oxygens (including phenoxy) is 1. The van der Waals surface area contributed by atoms with E-state index in [0.717, 1.165) is 6.42 Å². The molecule has 0 aromatic carbocycles. The first-order valence-corrected chi connectivity index (χ1v) is 6.77. The average molecular weight is 271 g/mol. The minimum absolute atomic E-state index is 0.147. The molecule has 2 N–H and O–H groups in total. The topological polar surface area (TPSA) is 75.6 Å². The van der Waals surface area contributed by atoms with Crippen LogP contribution in [-0.4, -0.2) is 29.3 Å². The first-order chi connectivity index (χ1) is 8.57. The first-order valence-electron chi connectivity index (χ1n) is 6.77. The first kappa shape index (κ1) is 15.8. The Morgan fingerprint density at radius 1 is 1.42 bits per heavy atom. The van der Waals surface area contributed by atoms with Crippen LogP contribution in [-0.2, 0) is 9.53 Å². The molecular formula is C14H25NO4. The lowest BCUT2D eigenvalue weighted by Crippen LogP contribution is -2.39. The van der Waals surface area contributed by atoms with Gasteiger partial charge in [-0.25, -0.2) is 4.79 Å². The van der Waals surface area contributed by atoms with Crippen LogP contribution >= 0.6 is 0 Å². The van der Waals surface area contributed by atoms with Gasteiger partial charge in [0.1, 0.15) is 5.60 Å². The SMILES string of the molecule is CC(C)C[C@H]1C[C@]1(CNC(=O)OC(C)(C)C)C(=O)O. The van der Waals surface area contributed by atoms with Gasteiger partial charge in [-0.15, -0.1) is 0 Å². The van der Waals surface area contributed by atoms with Crippen molar-refractivity contribution < 1.29 is 19.4 Å². The van der Waals surface area contributed by atoms with E-state index in [-0.39, 0.29) is 12.5 Å². The molecule has 2 atom stereocenters.